The van der Waals surface area contributed by atoms with Crippen molar-refractivity contribution in [1.29, 1.82) is 0 Å². The lowest BCUT2D eigenvalue weighted by atomic mass is 10.2. The molecule has 0 N–H and O–H groups in total. The molecule has 0 aliphatic rings. The Kier molecular flexibility index (Phi) is 4.41. The van der Waals surface area contributed by atoms with Crippen molar-refractivity contribution in [3.63, 3.8) is 0 Å². The van der Waals surface area contributed by atoms with Crippen LogP contribution in [0.25, 0.3) is 45.1 Å². The van der Waals surface area contributed by atoms with Gasteiger partial charge in [0.2, 0.25) is 11.9 Å². The van der Waals surface area contributed by atoms with Crippen molar-refractivity contribution in [3.05, 3.63) is 95.5 Å². The fourth-order valence-corrected chi connectivity index (χ4v) is 4.30. The molecule has 0 atom stereocenters. The van der Waals surface area contributed by atoms with Crippen molar-refractivity contribution in [2.75, 3.05) is 0 Å². The maximum absolute atomic E-state index is 6.35. The average molecular weight is 457 g/mol. The van der Waals surface area contributed by atoms with E-state index in [1.54, 1.807) is 36.9 Å². The molecule has 0 aliphatic heterocycles. The number of hydrogen-bond donors (Lipinski definition) is 0. The van der Waals surface area contributed by atoms with Gasteiger partial charge in [-0.05, 0) is 48.5 Å². The Morgan fingerprint density at radius 2 is 0.938 bits per heavy atom. The Balaban J connectivity index is 1.75. The van der Waals surface area contributed by atoms with Crippen LogP contribution in [0.15, 0.2) is 85.5 Å². The van der Waals surface area contributed by atoms with Crippen LogP contribution in [0.4, 0.5) is 0 Å². The second-order valence-electron chi connectivity index (χ2n) is 7.23. The van der Waals surface area contributed by atoms with E-state index in [2.05, 4.69) is 32.1 Å². The summed E-state index contributed by atoms with van der Waals surface area (Å²) in [6.45, 7) is 0. The number of fused-ring (bicyclic) bond motifs is 2. The molecule has 0 spiro atoms. The van der Waals surface area contributed by atoms with E-state index in [1.807, 2.05) is 45.5 Å². The summed E-state index contributed by atoms with van der Waals surface area (Å²) in [7, 11) is 0. The van der Waals surface area contributed by atoms with E-state index in [1.165, 1.54) is 0 Å². The Labute approximate surface area is 192 Å². The molecule has 0 unspecified atom stereocenters. The molecule has 0 amide bonds. The molecule has 0 bridgehead atoms. The van der Waals surface area contributed by atoms with Crippen molar-refractivity contribution in [2.45, 2.75) is 0 Å². The quantitative estimate of drug-likeness (QED) is 0.321. The molecule has 6 aromatic rings. The van der Waals surface area contributed by atoms with Crippen LogP contribution in [0.3, 0.4) is 0 Å². The monoisotopic (exact) mass is 456 g/mol. The fraction of sp³-hybridized carbons (Fsp3) is 0. The third kappa shape index (κ3) is 3.04. The molecule has 2 aromatic carbocycles. The number of aromatic nitrogens is 6. The van der Waals surface area contributed by atoms with Gasteiger partial charge in [-0.2, -0.15) is 0 Å². The third-order valence-electron chi connectivity index (χ3n) is 5.30. The average Bonchev–Trinajstić information content (AvgIpc) is 3.38. The molecule has 0 radical (unpaired) electrons. The predicted molar refractivity (Wildman–Crippen MR) is 127 cm³/mol. The highest BCUT2D eigenvalue weighted by Gasteiger charge is 2.21. The van der Waals surface area contributed by atoms with Gasteiger partial charge in [0.25, 0.3) is 0 Å². The first kappa shape index (κ1) is 19.0. The lowest BCUT2D eigenvalue weighted by Gasteiger charge is -2.12. The largest absolute Gasteiger partial charge is 0.276 e. The van der Waals surface area contributed by atoms with Gasteiger partial charge in [-0.3, -0.25) is 9.13 Å². The molecule has 0 fully saturated rings. The van der Waals surface area contributed by atoms with E-state index in [0.717, 1.165) is 33.2 Å². The number of hydrogen-bond acceptors (Lipinski definition) is 4. The topological polar surface area (TPSA) is 61.4 Å². The van der Waals surface area contributed by atoms with Crippen LogP contribution in [0, 0.1) is 0 Å². The SMILES string of the molecule is Clc1ccc2cc(-c3cc4ccc(Cl)cc4n3-c3ncccn3)n(-c3ncccn3)c2c1. The molecule has 4 aromatic heterocycles. The highest BCUT2D eigenvalue weighted by atomic mass is 35.5. The van der Waals surface area contributed by atoms with E-state index in [-0.39, 0.29) is 0 Å². The minimum atomic E-state index is 0.545. The van der Waals surface area contributed by atoms with Crippen molar-refractivity contribution < 1.29 is 0 Å². The summed E-state index contributed by atoms with van der Waals surface area (Å²) in [5.74, 6) is 1.09. The lowest BCUT2D eigenvalue weighted by Crippen LogP contribution is -2.06. The van der Waals surface area contributed by atoms with Crippen LogP contribution < -0.4 is 0 Å². The summed E-state index contributed by atoms with van der Waals surface area (Å²) in [5.41, 5.74) is 3.58. The van der Waals surface area contributed by atoms with E-state index in [4.69, 9.17) is 23.2 Å². The Morgan fingerprint density at radius 1 is 0.531 bits per heavy atom. The first-order valence-electron chi connectivity index (χ1n) is 9.86. The van der Waals surface area contributed by atoms with Crippen LogP contribution in [0.2, 0.25) is 10.0 Å². The van der Waals surface area contributed by atoms with Gasteiger partial charge in [-0.1, -0.05) is 35.3 Å². The molecule has 0 saturated heterocycles. The molecule has 6 rings (SSSR count). The van der Waals surface area contributed by atoms with Gasteiger partial charge in [0.1, 0.15) is 0 Å². The minimum absolute atomic E-state index is 0.545. The van der Waals surface area contributed by atoms with Gasteiger partial charge in [0.05, 0.1) is 22.4 Å². The molecule has 6 nitrogen and oxygen atoms in total. The summed E-state index contributed by atoms with van der Waals surface area (Å²) in [4.78, 5) is 18.0. The predicted octanol–water partition coefficient (Wildman–Crippen LogP) is 6.13. The van der Waals surface area contributed by atoms with Crippen LogP contribution in [-0.2, 0) is 0 Å². The number of benzene rings is 2. The Bertz CT molecular complexity index is 1470. The number of nitrogens with zero attached hydrogens (tertiary/aromatic N) is 6. The first-order valence-corrected chi connectivity index (χ1v) is 10.6. The third-order valence-corrected chi connectivity index (χ3v) is 5.77. The zero-order valence-corrected chi connectivity index (χ0v) is 18.0. The minimum Gasteiger partial charge on any atom is -0.276 e. The fourth-order valence-electron chi connectivity index (χ4n) is 3.97. The zero-order valence-electron chi connectivity index (χ0n) is 16.5. The van der Waals surface area contributed by atoms with E-state index >= 15 is 0 Å². The van der Waals surface area contributed by atoms with Crippen LogP contribution >= 0.6 is 23.2 Å². The molecule has 154 valence electrons. The second kappa shape index (κ2) is 7.44. The lowest BCUT2D eigenvalue weighted by molar-refractivity contribution is 0.932. The standard InChI is InChI=1S/C24H14Cl2N6/c25-17-5-3-15-11-21(31(19(15)13-17)23-27-7-1-8-28-23)22-12-16-4-6-18(26)14-20(16)32(22)24-29-9-2-10-30-24/h1-14H. The van der Waals surface area contributed by atoms with Crippen LogP contribution in [0.1, 0.15) is 0 Å². The van der Waals surface area contributed by atoms with Gasteiger partial charge in [-0.25, -0.2) is 19.9 Å². The smallest absolute Gasteiger partial charge is 0.234 e. The van der Waals surface area contributed by atoms with Gasteiger partial charge in [0.15, 0.2) is 0 Å². The molecular weight excluding hydrogens is 443 g/mol. The van der Waals surface area contributed by atoms with Crippen molar-refractivity contribution in [3.8, 4) is 23.3 Å². The van der Waals surface area contributed by atoms with Gasteiger partial charge < -0.3 is 0 Å². The molecule has 0 aliphatic carbocycles. The highest BCUT2D eigenvalue weighted by Crippen LogP contribution is 2.36. The van der Waals surface area contributed by atoms with E-state index in [0.29, 0.717) is 21.9 Å². The maximum Gasteiger partial charge on any atom is 0.234 e. The van der Waals surface area contributed by atoms with E-state index in [9.17, 15) is 0 Å². The summed E-state index contributed by atoms with van der Waals surface area (Å²) >= 11 is 12.7. The Hall–Kier alpha value is -3.74. The molecule has 0 saturated carbocycles. The maximum atomic E-state index is 6.35. The molecule has 32 heavy (non-hydrogen) atoms. The first-order chi connectivity index (χ1) is 15.7. The summed E-state index contributed by atoms with van der Waals surface area (Å²) in [6, 6.07) is 19.3. The summed E-state index contributed by atoms with van der Waals surface area (Å²) in [6.07, 6.45) is 6.88. The van der Waals surface area contributed by atoms with Gasteiger partial charge in [0, 0.05) is 45.6 Å². The van der Waals surface area contributed by atoms with Crippen molar-refractivity contribution in [2.24, 2.45) is 0 Å². The van der Waals surface area contributed by atoms with Gasteiger partial charge >= 0.3 is 0 Å². The normalized spacial score (nSPS) is 11.4. The number of rotatable bonds is 3. The summed E-state index contributed by atoms with van der Waals surface area (Å²) in [5, 5.41) is 3.30. The molecule has 8 heteroatoms. The Morgan fingerprint density at radius 3 is 1.34 bits per heavy atom. The molecular formula is C24H14Cl2N6. The number of halogens is 2. The van der Waals surface area contributed by atoms with Crippen LogP contribution in [0.5, 0.6) is 0 Å². The zero-order chi connectivity index (χ0) is 21.7. The van der Waals surface area contributed by atoms with Crippen LogP contribution in [-0.4, -0.2) is 29.1 Å². The highest BCUT2D eigenvalue weighted by molar-refractivity contribution is 6.31. The molecule has 4 heterocycles. The van der Waals surface area contributed by atoms with Gasteiger partial charge in [-0.15, -0.1) is 0 Å². The van der Waals surface area contributed by atoms with Crippen molar-refractivity contribution >= 4 is 45.0 Å². The second-order valence-corrected chi connectivity index (χ2v) is 8.11. The van der Waals surface area contributed by atoms with Crippen molar-refractivity contribution in [1.82, 2.24) is 29.1 Å². The van der Waals surface area contributed by atoms with E-state index < -0.39 is 0 Å². The summed E-state index contributed by atoms with van der Waals surface area (Å²) < 4.78 is 3.99.